The van der Waals surface area contributed by atoms with E-state index in [0.717, 1.165) is 18.4 Å². The summed E-state index contributed by atoms with van der Waals surface area (Å²) >= 11 is 0. The first-order chi connectivity index (χ1) is 11.6. The highest BCUT2D eigenvalue weighted by molar-refractivity contribution is 5.94. The predicted molar refractivity (Wildman–Crippen MR) is 87.2 cm³/mol. The van der Waals surface area contributed by atoms with Gasteiger partial charge in [-0.25, -0.2) is 4.98 Å². The van der Waals surface area contributed by atoms with E-state index in [2.05, 4.69) is 10.3 Å². The third-order valence-electron chi connectivity index (χ3n) is 4.87. The van der Waals surface area contributed by atoms with E-state index < -0.39 is 0 Å². The van der Waals surface area contributed by atoms with E-state index in [1.54, 1.807) is 11.8 Å². The zero-order chi connectivity index (χ0) is 16.7. The molecule has 6 heteroatoms. The molecule has 1 aromatic carbocycles. The molecular formula is C18H19N3O3. The summed E-state index contributed by atoms with van der Waals surface area (Å²) in [6, 6.07) is 9.45. The van der Waals surface area contributed by atoms with Crippen LogP contribution < -0.4 is 5.32 Å². The van der Waals surface area contributed by atoms with E-state index in [4.69, 9.17) is 4.42 Å². The van der Waals surface area contributed by atoms with Crippen molar-refractivity contribution in [3.8, 4) is 11.5 Å². The van der Waals surface area contributed by atoms with E-state index >= 15 is 0 Å². The number of likely N-dealkylation sites (tertiary alicyclic amines) is 1. The lowest BCUT2D eigenvalue weighted by atomic mass is 9.91. The van der Waals surface area contributed by atoms with E-state index in [1.165, 1.54) is 0 Å². The molecule has 1 aromatic heterocycles. The Morgan fingerprint density at radius 2 is 2.12 bits per heavy atom. The molecule has 2 aliphatic heterocycles. The number of aromatic nitrogens is 1. The number of aryl methyl sites for hydroxylation is 1. The minimum Gasteiger partial charge on any atom is -0.431 e. The normalized spacial score (nSPS) is 23.0. The number of hydrogen-bond acceptors (Lipinski definition) is 4. The maximum atomic E-state index is 13.0. The quantitative estimate of drug-likeness (QED) is 0.916. The van der Waals surface area contributed by atoms with E-state index in [9.17, 15) is 9.59 Å². The molecule has 2 amide bonds. The lowest BCUT2D eigenvalue weighted by molar-refractivity contribution is -0.123. The van der Waals surface area contributed by atoms with Crippen LogP contribution in [0.2, 0.25) is 0 Å². The molecule has 0 radical (unpaired) electrons. The van der Waals surface area contributed by atoms with Crippen LogP contribution in [0.3, 0.4) is 0 Å². The van der Waals surface area contributed by atoms with Crippen LogP contribution in [-0.2, 0) is 4.79 Å². The lowest BCUT2D eigenvalue weighted by Gasteiger charge is -2.35. The van der Waals surface area contributed by atoms with Crippen LogP contribution in [0, 0.1) is 12.8 Å². The van der Waals surface area contributed by atoms with Crippen molar-refractivity contribution in [2.75, 3.05) is 13.1 Å². The van der Waals surface area contributed by atoms with Crippen molar-refractivity contribution in [2.24, 2.45) is 5.92 Å². The van der Waals surface area contributed by atoms with Crippen LogP contribution in [0.15, 0.2) is 34.7 Å². The van der Waals surface area contributed by atoms with Gasteiger partial charge in [0.1, 0.15) is 0 Å². The van der Waals surface area contributed by atoms with Gasteiger partial charge in [-0.1, -0.05) is 18.2 Å². The highest BCUT2D eigenvalue weighted by atomic mass is 16.4. The molecule has 0 spiro atoms. The molecular weight excluding hydrogens is 306 g/mol. The van der Waals surface area contributed by atoms with E-state index in [-0.39, 0.29) is 29.5 Å². The highest BCUT2D eigenvalue weighted by Gasteiger charge is 2.43. The Bertz CT molecular complexity index is 784. The first-order valence-corrected chi connectivity index (χ1v) is 8.26. The molecule has 0 aliphatic carbocycles. The van der Waals surface area contributed by atoms with Crippen molar-refractivity contribution in [1.29, 1.82) is 0 Å². The predicted octanol–water partition coefficient (Wildman–Crippen LogP) is 2.00. The third kappa shape index (κ3) is 2.38. The average molecular weight is 325 g/mol. The maximum Gasteiger partial charge on any atom is 0.291 e. The first kappa shape index (κ1) is 14.9. The largest absolute Gasteiger partial charge is 0.431 e. The fourth-order valence-electron chi connectivity index (χ4n) is 3.63. The minimum atomic E-state index is -0.173. The molecule has 124 valence electrons. The molecule has 0 unspecified atom stereocenters. The second kappa shape index (κ2) is 5.78. The molecule has 1 N–H and O–H groups in total. The maximum absolute atomic E-state index is 13.0. The first-order valence-electron chi connectivity index (χ1n) is 8.26. The number of rotatable bonds is 2. The van der Waals surface area contributed by atoms with Gasteiger partial charge in [0.2, 0.25) is 17.6 Å². The molecule has 3 heterocycles. The molecule has 0 saturated carbocycles. The Hall–Kier alpha value is -2.63. The van der Waals surface area contributed by atoms with Gasteiger partial charge in [0.05, 0.1) is 17.7 Å². The van der Waals surface area contributed by atoms with Crippen molar-refractivity contribution in [3.63, 3.8) is 0 Å². The summed E-state index contributed by atoms with van der Waals surface area (Å²) in [6.45, 7) is 2.95. The lowest BCUT2D eigenvalue weighted by Crippen LogP contribution is -2.48. The number of fused-ring (bicyclic) bond motifs is 1. The number of hydrogen-bond donors (Lipinski definition) is 1. The van der Waals surface area contributed by atoms with Gasteiger partial charge in [-0.15, -0.1) is 0 Å². The summed E-state index contributed by atoms with van der Waals surface area (Å²) in [7, 11) is 0. The van der Waals surface area contributed by atoms with Crippen molar-refractivity contribution < 1.29 is 14.0 Å². The Morgan fingerprint density at radius 3 is 2.92 bits per heavy atom. The topological polar surface area (TPSA) is 75.4 Å². The number of carbonyl (C=O) groups is 2. The summed E-state index contributed by atoms with van der Waals surface area (Å²) in [4.78, 5) is 31.0. The van der Waals surface area contributed by atoms with Crippen molar-refractivity contribution in [2.45, 2.75) is 25.8 Å². The Balaban J connectivity index is 1.63. The Labute approximate surface area is 139 Å². The number of nitrogens with one attached hydrogen (secondary N) is 1. The fraction of sp³-hybridized carbons (Fsp3) is 0.389. The standard InChI is InChI=1S/C18H19N3O3/c1-11-15(24-17(20-11)12-6-3-2-4-7-12)18(23)21-9-5-8-13-14(21)10-19-16(13)22/h2-4,6-7,13-14H,5,8-10H2,1H3,(H,19,22)/t13-,14-/m0/s1. The summed E-state index contributed by atoms with van der Waals surface area (Å²) in [5.74, 6) is 0.504. The number of oxazole rings is 1. The third-order valence-corrected chi connectivity index (χ3v) is 4.87. The van der Waals surface area contributed by atoms with Crippen molar-refractivity contribution in [1.82, 2.24) is 15.2 Å². The van der Waals surface area contributed by atoms with Gasteiger partial charge < -0.3 is 14.6 Å². The summed E-state index contributed by atoms with van der Waals surface area (Å²) < 4.78 is 5.78. The van der Waals surface area contributed by atoms with Crippen LogP contribution >= 0.6 is 0 Å². The zero-order valence-corrected chi connectivity index (χ0v) is 13.5. The van der Waals surface area contributed by atoms with Crippen LogP contribution in [0.5, 0.6) is 0 Å². The molecule has 4 rings (SSSR count). The molecule has 6 nitrogen and oxygen atoms in total. The van der Waals surface area contributed by atoms with E-state index in [1.807, 2.05) is 30.3 Å². The molecule has 2 aromatic rings. The van der Waals surface area contributed by atoms with Crippen LogP contribution in [-0.4, -0.2) is 40.8 Å². The molecule has 0 bridgehead atoms. The number of carbonyl (C=O) groups excluding carboxylic acids is 2. The zero-order valence-electron chi connectivity index (χ0n) is 13.5. The number of amides is 2. The number of benzene rings is 1. The number of piperidine rings is 1. The second-order valence-corrected chi connectivity index (χ2v) is 6.36. The molecule has 24 heavy (non-hydrogen) atoms. The van der Waals surface area contributed by atoms with Gasteiger partial charge in [-0.3, -0.25) is 9.59 Å². The molecule has 2 atom stereocenters. The molecule has 2 fully saturated rings. The van der Waals surface area contributed by atoms with Gasteiger partial charge in [-0.2, -0.15) is 0 Å². The van der Waals surface area contributed by atoms with Crippen LogP contribution in [0.4, 0.5) is 0 Å². The monoisotopic (exact) mass is 325 g/mol. The summed E-state index contributed by atoms with van der Waals surface area (Å²) in [5, 5.41) is 2.86. The van der Waals surface area contributed by atoms with Crippen LogP contribution in [0.1, 0.15) is 29.1 Å². The molecule has 2 saturated heterocycles. The smallest absolute Gasteiger partial charge is 0.291 e. The van der Waals surface area contributed by atoms with Gasteiger partial charge in [0.15, 0.2) is 0 Å². The molecule has 2 aliphatic rings. The summed E-state index contributed by atoms with van der Waals surface area (Å²) in [6.07, 6.45) is 1.67. The van der Waals surface area contributed by atoms with Gasteiger partial charge >= 0.3 is 0 Å². The van der Waals surface area contributed by atoms with Gasteiger partial charge in [0, 0.05) is 18.7 Å². The highest BCUT2D eigenvalue weighted by Crippen LogP contribution is 2.30. The average Bonchev–Trinajstić information content (AvgIpc) is 3.18. The summed E-state index contributed by atoms with van der Waals surface area (Å²) in [5.41, 5.74) is 1.42. The SMILES string of the molecule is Cc1nc(-c2ccccc2)oc1C(=O)N1CCC[C@@H]2C(=O)NC[C@@H]21. The Morgan fingerprint density at radius 1 is 1.33 bits per heavy atom. The van der Waals surface area contributed by atoms with Crippen molar-refractivity contribution in [3.05, 3.63) is 41.8 Å². The second-order valence-electron chi connectivity index (χ2n) is 6.36. The number of nitrogens with zero attached hydrogens (tertiary/aromatic N) is 2. The Kier molecular flexibility index (Phi) is 3.59. The fourth-order valence-corrected chi connectivity index (χ4v) is 3.63. The van der Waals surface area contributed by atoms with Crippen molar-refractivity contribution >= 4 is 11.8 Å². The van der Waals surface area contributed by atoms with Crippen LogP contribution in [0.25, 0.3) is 11.5 Å². The minimum absolute atomic E-state index is 0.0526. The van der Waals surface area contributed by atoms with Gasteiger partial charge in [-0.05, 0) is 31.9 Å². The van der Waals surface area contributed by atoms with Gasteiger partial charge in [0.25, 0.3) is 5.91 Å². The van der Waals surface area contributed by atoms with E-state index in [0.29, 0.717) is 24.7 Å².